The minimum Gasteiger partial charge on any atom is -0.494 e. The fourth-order valence-electron chi connectivity index (χ4n) is 3.06. The van der Waals surface area contributed by atoms with Crippen LogP contribution in [0.4, 0.5) is 5.82 Å². The molecule has 0 atom stereocenters. The molecule has 7 nitrogen and oxygen atoms in total. The number of anilines is 1. The molecule has 0 saturated carbocycles. The van der Waals surface area contributed by atoms with E-state index < -0.39 is 5.91 Å². The zero-order valence-corrected chi connectivity index (χ0v) is 16.3. The highest BCUT2D eigenvalue weighted by Crippen LogP contribution is 2.29. The number of ether oxygens (including phenoxy) is 1. The van der Waals surface area contributed by atoms with Gasteiger partial charge in [-0.25, -0.2) is 4.63 Å². The fourth-order valence-corrected chi connectivity index (χ4v) is 3.06. The van der Waals surface area contributed by atoms with Crippen LogP contribution in [0.15, 0.2) is 57.6 Å². The minimum atomic E-state index is -0.407. The van der Waals surface area contributed by atoms with Gasteiger partial charge in [-0.15, -0.1) is 0 Å². The molecule has 2 aromatic heterocycles. The zero-order valence-electron chi connectivity index (χ0n) is 16.3. The van der Waals surface area contributed by atoms with Gasteiger partial charge in [-0.2, -0.15) is 0 Å². The SMILES string of the molecule is CCCCOc1ccc(-c2nonc2NC(=O)c2oc3ccccc3c2C)cc1. The summed E-state index contributed by atoms with van der Waals surface area (Å²) in [4.78, 5) is 12.8. The van der Waals surface area contributed by atoms with Gasteiger partial charge in [0.2, 0.25) is 5.82 Å². The number of benzene rings is 2. The smallest absolute Gasteiger partial charge is 0.292 e. The van der Waals surface area contributed by atoms with E-state index in [1.165, 1.54) is 0 Å². The molecular weight excluding hydrogens is 370 g/mol. The molecule has 0 unspecified atom stereocenters. The quantitative estimate of drug-likeness (QED) is 0.434. The molecule has 148 valence electrons. The Kier molecular flexibility index (Phi) is 5.29. The molecule has 0 aliphatic carbocycles. The number of aryl methyl sites for hydroxylation is 1. The van der Waals surface area contributed by atoms with Crippen molar-refractivity contribution in [3.8, 4) is 17.0 Å². The van der Waals surface area contributed by atoms with Gasteiger partial charge in [0.15, 0.2) is 11.5 Å². The lowest BCUT2D eigenvalue weighted by Crippen LogP contribution is -2.13. The van der Waals surface area contributed by atoms with Gasteiger partial charge >= 0.3 is 0 Å². The Morgan fingerprint density at radius 2 is 1.90 bits per heavy atom. The number of carbonyl (C=O) groups is 1. The topological polar surface area (TPSA) is 90.4 Å². The average molecular weight is 391 g/mol. The summed E-state index contributed by atoms with van der Waals surface area (Å²) in [6.07, 6.45) is 2.09. The molecule has 4 aromatic rings. The molecule has 0 spiro atoms. The lowest BCUT2D eigenvalue weighted by Gasteiger charge is -2.06. The summed E-state index contributed by atoms with van der Waals surface area (Å²) < 4.78 is 16.2. The Hall–Kier alpha value is -3.61. The lowest BCUT2D eigenvalue weighted by atomic mass is 10.1. The third kappa shape index (κ3) is 3.85. The summed E-state index contributed by atoms with van der Waals surface area (Å²) in [6, 6.07) is 14.9. The van der Waals surface area contributed by atoms with Gasteiger partial charge < -0.3 is 9.15 Å². The number of aromatic nitrogens is 2. The van der Waals surface area contributed by atoms with Crippen molar-refractivity contribution in [2.45, 2.75) is 26.7 Å². The Morgan fingerprint density at radius 3 is 2.66 bits per heavy atom. The molecule has 0 bridgehead atoms. The molecule has 0 aliphatic rings. The van der Waals surface area contributed by atoms with E-state index in [1.54, 1.807) is 0 Å². The number of hydrogen-bond donors (Lipinski definition) is 1. The second kappa shape index (κ2) is 8.18. The normalized spacial score (nSPS) is 11.0. The first-order valence-electron chi connectivity index (χ1n) is 9.52. The number of carbonyl (C=O) groups excluding carboxylic acids is 1. The van der Waals surface area contributed by atoms with Gasteiger partial charge in [0.05, 0.1) is 6.61 Å². The molecule has 29 heavy (non-hydrogen) atoms. The number of unbranched alkanes of at least 4 members (excludes halogenated alkanes) is 1. The fraction of sp³-hybridized carbons (Fsp3) is 0.227. The Bertz CT molecular complexity index is 1130. The van der Waals surface area contributed by atoms with Crippen molar-refractivity contribution < 1.29 is 18.6 Å². The molecule has 0 fully saturated rings. The van der Waals surface area contributed by atoms with E-state index in [9.17, 15) is 4.79 Å². The van der Waals surface area contributed by atoms with Crippen molar-refractivity contribution in [2.24, 2.45) is 0 Å². The highest BCUT2D eigenvalue weighted by Gasteiger charge is 2.21. The third-order valence-electron chi connectivity index (χ3n) is 4.66. The second-order valence-electron chi connectivity index (χ2n) is 6.69. The van der Waals surface area contributed by atoms with E-state index in [4.69, 9.17) is 13.8 Å². The zero-order chi connectivity index (χ0) is 20.2. The van der Waals surface area contributed by atoms with Crippen molar-refractivity contribution in [2.75, 3.05) is 11.9 Å². The van der Waals surface area contributed by atoms with Crippen LogP contribution in [0.3, 0.4) is 0 Å². The third-order valence-corrected chi connectivity index (χ3v) is 4.66. The summed E-state index contributed by atoms with van der Waals surface area (Å²) in [5.41, 5.74) is 2.62. The molecule has 7 heteroatoms. The standard InChI is InChI=1S/C22H21N3O4/c1-3-4-13-27-16-11-9-15(10-12-16)19-21(25-29-24-19)23-22(26)20-14(2)17-7-5-6-8-18(17)28-20/h5-12H,3-4,13H2,1-2H3,(H,23,25,26). The van der Waals surface area contributed by atoms with Crippen LogP contribution in [0.5, 0.6) is 5.75 Å². The van der Waals surface area contributed by atoms with Crippen LogP contribution in [0.1, 0.15) is 35.9 Å². The summed E-state index contributed by atoms with van der Waals surface area (Å²) in [6.45, 7) is 4.65. The number of furan rings is 1. The van der Waals surface area contributed by atoms with E-state index in [0.29, 0.717) is 17.9 Å². The maximum atomic E-state index is 12.8. The summed E-state index contributed by atoms with van der Waals surface area (Å²) >= 11 is 0. The molecule has 2 aromatic carbocycles. The number of nitrogens with zero attached hydrogens (tertiary/aromatic N) is 2. The molecule has 0 aliphatic heterocycles. The van der Waals surface area contributed by atoms with E-state index >= 15 is 0 Å². The number of hydrogen-bond acceptors (Lipinski definition) is 6. The molecule has 1 N–H and O–H groups in total. The number of para-hydroxylation sites is 1. The molecule has 2 heterocycles. The van der Waals surface area contributed by atoms with Crippen LogP contribution in [-0.4, -0.2) is 22.8 Å². The maximum absolute atomic E-state index is 12.8. The molecule has 4 rings (SSSR count). The predicted octanol–water partition coefficient (Wildman–Crippen LogP) is 5.22. The number of fused-ring (bicyclic) bond motifs is 1. The summed E-state index contributed by atoms with van der Waals surface area (Å²) in [7, 11) is 0. The number of nitrogens with one attached hydrogen (secondary N) is 1. The van der Waals surface area contributed by atoms with Crippen LogP contribution in [0, 0.1) is 6.92 Å². The molecular formula is C22H21N3O4. The van der Waals surface area contributed by atoms with Gasteiger partial charge in [0, 0.05) is 16.5 Å². The summed E-state index contributed by atoms with van der Waals surface area (Å²) in [5.74, 6) is 0.839. The van der Waals surface area contributed by atoms with Crippen LogP contribution in [0.2, 0.25) is 0 Å². The van der Waals surface area contributed by atoms with Crippen molar-refractivity contribution in [3.05, 3.63) is 59.9 Å². The van der Waals surface area contributed by atoms with Gasteiger partial charge in [0.1, 0.15) is 11.3 Å². The predicted molar refractivity (Wildman–Crippen MR) is 109 cm³/mol. The second-order valence-corrected chi connectivity index (χ2v) is 6.69. The van der Waals surface area contributed by atoms with Crippen LogP contribution in [0.25, 0.3) is 22.2 Å². The minimum absolute atomic E-state index is 0.231. The number of amides is 1. The summed E-state index contributed by atoms with van der Waals surface area (Å²) in [5, 5.41) is 11.4. The molecule has 0 radical (unpaired) electrons. The maximum Gasteiger partial charge on any atom is 0.292 e. The molecule has 1 amide bonds. The Morgan fingerprint density at radius 1 is 1.10 bits per heavy atom. The Balaban J connectivity index is 1.53. The highest BCUT2D eigenvalue weighted by atomic mass is 16.6. The molecule has 0 saturated heterocycles. The van der Waals surface area contributed by atoms with Crippen molar-refractivity contribution in [3.63, 3.8) is 0 Å². The first-order valence-corrected chi connectivity index (χ1v) is 9.52. The van der Waals surface area contributed by atoms with Gasteiger partial charge in [-0.3, -0.25) is 10.1 Å². The van der Waals surface area contributed by atoms with Crippen LogP contribution < -0.4 is 10.1 Å². The highest BCUT2D eigenvalue weighted by molar-refractivity contribution is 6.07. The van der Waals surface area contributed by atoms with Gasteiger partial charge in [0.25, 0.3) is 5.91 Å². The van der Waals surface area contributed by atoms with E-state index in [2.05, 4.69) is 22.6 Å². The van der Waals surface area contributed by atoms with Crippen molar-refractivity contribution in [1.29, 1.82) is 0 Å². The van der Waals surface area contributed by atoms with E-state index in [1.807, 2.05) is 55.5 Å². The monoisotopic (exact) mass is 391 g/mol. The van der Waals surface area contributed by atoms with Gasteiger partial charge in [-0.05, 0) is 54.0 Å². The van der Waals surface area contributed by atoms with E-state index in [-0.39, 0.29) is 11.6 Å². The van der Waals surface area contributed by atoms with Crippen LogP contribution in [-0.2, 0) is 0 Å². The average Bonchev–Trinajstić information content (AvgIpc) is 3.33. The number of rotatable bonds is 7. The van der Waals surface area contributed by atoms with Gasteiger partial charge in [-0.1, -0.05) is 31.5 Å². The Labute approximate surface area is 167 Å². The van der Waals surface area contributed by atoms with Crippen molar-refractivity contribution >= 4 is 22.7 Å². The van der Waals surface area contributed by atoms with E-state index in [0.717, 1.165) is 35.1 Å². The van der Waals surface area contributed by atoms with Crippen molar-refractivity contribution in [1.82, 2.24) is 10.3 Å². The largest absolute Gasteiger partial charge is 0.494 e. The first kappa shape index (κ1) is 18.7. The van der Waals surface area contributed by atoms with Crippen LogP contribution >= 0.6 is 0 Å². The lowest BCUT2D eigenvalue weighted by molar-refractivity contribution is 0.0997. The first-order chi connectivity index (χ1) is 14.2.